The number of likely N-dealkylation sites (tertiary alicyclic amines) is 1. The average Bonchev–Trinajstić information content (AvgIpc) is 2.96. The zero-order valence-electron chi connectivity index (χ0n) is 13.4. The van der Waals surface area contributed by atoms with Gasteiger partial charge in [0.15, 0.2) is 0 Å². The third-order valence-electron chi connectivity index (χ3n) is 4.37. The minimum Gasteiger partial charge on any atom is -0.497 e. The summed E-state index contributed by atoms with van der Waals surface area (Å²) in [4.78, 5) is 14.4. The highest BCUT2D eigenvalue weighted by atomic mass is 16.5. The average molecular weight is 290 g/mol. The second kappa shape index (κ2) is 6.83. The Labute approximate surface area is 127 Å². The van der Waals surface area contributed by atoms with Crippen LogP contribution in [0.3, 0.4) is 0 Å². The summed E-state index contributed by atoms with van der Waals surface area (Å²) >= 11 is 0. The van der Waals surface area contributed by atoms with Crippen LogP contribution >= 0.6 is 0 Å². The fraction of sp³-hybridized carbons (Fsp3) is 0.588. The molecule has 116 valence electrons. The predicted molar refractivity (Wildman–Crippen MR) is 84.5 cm³/mol. The van der Waals surface area contributed by atoms with Crippen LogP contribution in [0.25, 0.3) is 0 Å². The second-order valence-corrected chi connectivity index (χ2v) is 6.11. The number of amides is 2. The van der Waals surface area contributed by atoms with Crippen molar-refractivity contribution in [3.63, 3.8) is 0 Å². The Hall–Kier alpha value is -1.71. The molecule has 0 radical (unpaired) electrons. The van der Waals surface area contributed by atoms with Gasteiger partial charge in [-0.1, -0.05) is 26.0 Å². The van der Waals surface area contributed by atoms with Gasteiger partial charge in [0, 0.05) is 12.6 Å². The number of nitrogens with one attached hydrogen (secondary N) is 1. The van der Waals surface area contributed by atoms with Gasteiger partial charge in [-0.3, -0.25) is 0 Å². The van der Waals surface area contributed by atoms with Crippen molar-refractivity contribution in [1.29, 1.82) is 0 Å². The molecule has 1 N–H and O–H groups in total. The van der Waals surface area contributed by atoms with E-state index in [1.807, 2.05) is 17.0 Å². The Morgan fingerprint density at radius 3 is 2.52 bits per heavy atom. The highest BCUT2D eigenvalue weighted by Gasteiger charge is 2.30. The molecule has 2 rings (SSSR count). The van der Waals surface area contributed by atoms with Crippen molar-refractivity contribution in [3.8, 4) is 5.75 Å². The zero-order chi connectivity index (χ0) is 15.4. The minimum absolute atomic E-state index is 0.0505. The number of urea groups is 1. The standard InChI is InChI=1S/C17H26N2O2/c1-12(2)13(3)18-17(20)19-11-5-6-16(19)14-7-9-15(21-4)10-8-14/h7-10,12-13,16H,5-6,11H2,1-4H3,(H,18,20). The molecule has 4 heteroatoms. The molecule has 1 aromatic carbocycles. The number of carbonyl (C=O) groups is 1. The highest BCUT2D eigenvalue weighted by Crippen LogP contribution is 2.32. The molecule has 1 aromatic rings. The van der Waals surface area contributed by atoms with Gasteiger partial charge < -0.3 is 15.0 Å². The van der Waals surface area contributed by atoms with Crippen molar-refractivity contribution in [3.05, 3.63) is 29.8 Å². The van der Waals surface area contributed by atoms with E-state index in [-0.39, 0.29) is 18.1 Å². The van der Waals surface area contributed by atoms with Crippen LogP contribution in [0.1, 0.15) is 45.2 Å². The van der Waals surface area contributed by atoms with Crippen molar-refractivity contribution < 1.29 is 9.53 Å². The van der Waals surface area contributed by atoms with Gasteiger partial charge in [-0.05, 0) is 43.4 Å². The third-order valence-corrected chi connectivity index (χ3v) is 4.37. The van der Waals surface area contributed by atoms with Gasteiger partial charge in [0.25, 0.3) is 0 Å². The second-order valence-electron chi connectivity index (χ2n) is 6.11. The van der Waals surface area contributed by atoms with Crippen LogP contribution in [0.15, 0.2) is 24.3 Å². The molecule has 1 aliphatic heterocycles. The van der Waals surface area contributed by atoms with E-state index in [0.717, 1.165) is 25.1 Å². The lowest BCUT2D eigenvalue weighted by molar-refractivity contribution is 0.186. The topological polar surface area (TPSA) is 41.6 Å². The normalized spacial score (nSPS) is 19.7. The minimum atomic E-state index is 0.0505. The summed E-state index contributed by atoms with van der Waals surface area (Å²) < 4.78 is 5.19. The SMILES string of the molecule is COc1ccc(C2CCCN2C(=O)NC(C)C(C)C)cc1. The summed E-state index contributed by atoms with van der Waals surface area (Å²) in [5.74, 6) is 1.29. The van der Waals surface area contributed by atoms with Crippen molar-refractivity contribution >= 4 is 6.03 Å². The molecular formula is C17H26N2O2. The van der Waals surface area contributed by atoms with Gasteiger partial charge in [0.05, 0.1) is 13.2 Å². The van der Waals surface area contributed by atoms with Gasteiger partial charge in [0.2, 0.25) is 0 Å². The summed E-state index contributed by atoms with van der Waals surface area (Å²) in [6.45, 7) is 7.13. The molecule has 0 aromatic heterocycles. The van der Waals surface area contributed by atoms with Crippen LogP contribution < -0.4 is 10.1 Å². The molecule has 2 unspecified atom stereocenters. The van der Waals surface area contributed by atoms with E-state index in [9.17, 15) is 4.79 Å². The number of nitrogens with zero attached hydrogens (tertiary/aromatic N) is 1. The molecule has 2 atom stereocenters. The zero-order valence-corrected chi connectivity index (χ0v) is 13.4. The molecular weight excluding hydrogens is 264 g/mol. The first-order valence-electron chi connectivity index (χ1n) is 7.74. The molecule has 1 aliphatic rings. The first-order chi connectivity index (χ1) is 10.0. The third kappa shape index (κ3) is 3.69. The number of hydrogen-bond acceptors (Lipinski definition) is 2. The first-order valence-corrected chi connectivity index (χ1v) is 7.74. The van der Waals surface area contributed by atoms with E-state index >= 15 is 0 Å². The summed E-state index contributed by atoms with van der Waals surface area (Å²) in [5, 5.41) is 3.11. The monoisotopic (exact) mass is 290 g/mol. The molecule has 0 saturated carbocycles. The number of ether oxygens (including phenoxy) is 1. The molecule has 21 heavy (non-hydrogen) atoms. The van der Waals surface area contributed by atoms with Gasteiger partial charge in [-0.2, -0.15) is 0 Å². The van der Waals surface area contributed by atoms with E-state index in [0.29, 0.717) is 5.92 Å². The summed E-state index contributed by atoms with van der Waals surface area (Å²) in [6.07, 6.45) is 2.08. The maximum absolute atomic E-state index is 12.5. The number of hydrogen-bond donors (Lipinski definition) is 1. The van der Waals surface area contributed by atoms with Crippen molar-refractivity contribution in [2.24, 2.45) is 5.92 Å². The van der Waals surface area contributed by atoms with Crippen LogP contribution in [0.2, 0.25) is 0 Å². The van der Waals surface area contributed by atoms with Crippen LogP contribution in [-0.2, 0) is 0 Å². The quantitative estimate of drug-likeness (QED) is 0.920. The van der Waals surface area contributed by atoms with E-state index in [4.69, 9.17) is 4.74 Å². The van der Waals surface area contributed by atoms with Gasteiger partial charge >= 0.3 is 6.03 Å². The molecule has 2 amide bonds. The lowest BCUT2D eigenvalue weighted by Gasteiger charge is -2.28. The van der Waals surface area contributed by atoms with E-state index in [2.05, 4.69) is 38.2 Å². The van der Waals surface area contributed by atoms with Gasteiger partial charge in [-0.15, -0.1) is 0 Å². The molecule has 1 heterocycles. The van der Waals surface area contributed by atoms with E-state index in [1.54, 1.807) is 7.11 Å². The molecule has 1 saturated heterocycles. The number of carbonyl (C=O) groups excluding carboxylic acids is 1. The van der Waals surface area contributed by atoms with Crippen LogP contribution in [0.4, 0.5) is 4.79 Å². The maximum atomic E-state index is 12.5. The first kappa shape index (κ1) is 15.7. The lowest BCUT2D eigenvalue weighted by atomic mass is 10.0. The Morgan fingerprint density at radius 2 is 1.95 bits per heavy atom. The van der Waals surface area contributed by atoms with Crippen molar-refractivity contribution in [1.82, 2.24) is 10.2 Å². The highest BCUT2D eigenvalue weighted by molar-refractivity contribution is 5.75. The van der Waals surface area contributed by atoms with Crippen molar-refractivity contribution in [2.45, 2.75) is 45.7 Å². The smallest absolute Gasteiger partial charge is 0.318 e. The van der Waals surface area contributed by atoms with Gasteiger partial charge in [0.1, 0.15) is 5.75 Å². The van der Waals surface area contributed by atoms with E-state index < -0.39 is 0 Å². The molecule has 4 nitrogen and oxygen atoms in total. The summed E-state index contributed by atoms with van der Waals surface area (Å²) in [6, 6.07) is 8.45. The Morgan fingerprint density at radius 1 is 1.29 bits per heavy atom. The number of benzene rings is 1. The summed E-state index contributed by atoms with van der Waals surface area (Å²) in [7, 11) is 1.66. The maximum Gasteiger partial charge on any atom is 0.318 e. The molecule has 0 aliphatic carbocycles. The predicted octanol–water partition coefficient (Wildman–Crippen LogP) is 3.59. The number of methoxy groups -OCH3 is 1. The Bertz CT molecular complexity index is 470. The Kier molecular flexibility index (Phi) is 5.10. The fourth-order valence-electron chi connectivity index (χ4n) is 2.63. The lowest BCUT2D eigenvalue weighted by Crippen LogP contribution is -2.45. The van der Waals surface area contributed by atoms with Crippen molar-refractivity contribution in [2.75, 3.05) is 13.7 Å². The van der Waals surface area contributed by atoms with Crippen LogP contribution in [0, 0.1) is 5.92 Å². The van der Waals surface area contributed by atoms with E-state index in [1.165, 1.54) is 5.56 Å². The molecule has 0 bridgehead atoms. The molecule has 0 spiro atoms. The summed E-state index contributed by atoms with van der Waals surface area (Å²) in [5.41, 5.74) is 1.18. The fourth-order valence-corrected chi connectivity index (χ4v) is 2.63. The number of rotatable bonds is 4. The van der Waals surface area contributed by atoms with Gasteiger partial charge in [-0.25, -0.2) is 4.79 Å². The largest absolute Gasteiger partial charge is 0.497 e. The van der Waals surface area contributed by atoms with Crippen LogP contribution in [0.5, 0.6) is 5.75 Å². The van der Waals surface area contributed by atoms with Crippen LogP contribution in [-0.4, -0.2) is 30.6 Å². The molecule has 1 fully saturated rings. The Balaban J connectivity index is 2.06.